The highest BCUT2D eigenvalue weighted by Gasteiger charge is 2.40. The molecule has 0 aliphatic rings. The average molecular weight is 284 g/mol. The third-order valence-electron chi connectivity index (χ3n) is 2.32. The molecule has 3 atom stereocenters. The molecule has 0 aromatic heterocycles. The third-order valence-corrected chi connectivity index (χ3v) is 4.72. The van der Waals surface area contributed by atoms with Crippen LogP contribution in [0.5, 0.6) is 0 Å². The van der Waals surface area contributed by atoms with E-state index in [0.717, 1.165) is 18.9 Å². The molecule has 8 heteroatoms. The Balaban J connectivity index is 5.07. The minimum atomic E-state index is -4.56. The van der Waals surface area contributed by atoms with Crippen LogP contribution in [-0.4, -0.2) is 41.7 Å². The molecule has 3 unspecified atom stereocenters. The van der Waals surface area contributed by atoms with Crippen LogP contribution in [0, 0.1) is 5.92 Å². The molecule has 0 saturated carbocycles. The molecule has 0 aliphatic heterocycles. The van der Waals surface area contributed by atoms with Crippen molar-refractivity contribution in [2.45, 2.75) is 31.3 Å². The fourth-order valence-corrected chi connectivity index (χ4v) is 3.45. The second-order valence-electron chi connectivity index (χ2n) is 3.63. The van der Waals surface area contributed by atoms with E-state index in [0.29, 0.717) is 0 Å². The molecule has 0 aliphatic carbocycles. The Kier molecular flexibility index (Phi) is 6.14. The standard InChI is InChI=1S/C9H16O6S2/c1-5(6(2)16-7(3)10)8(9(11)15-4)17(12,13)14/h5-6,8H,1-4H3,(H,12,13,14). The van der Waals surface area contributed by atoms with Gasteiger partial charge in [0, 0.05) is 12.2 Å². The summed E-state index contributed by atoms with van der Waals surface area (Å²) in [7, 11) is -3.52. The van der Waals surface area contributed by atoms with Crippen LogP contribution in [-0.2, 0) is 24.4 Å². The van der Waals surface area contributed by atoms with Crippen LogP contribution < -0.4 is 0 Å². The number of esters is 1. The zero-order chi connectivity index (χ0) is 13.8. The molecule has 0 aromatic carbocycles. The summed E-state index contributed by atoms with van der Waals surface area (Å²) < 4.78 is 35.6. The van der Waals surface area contributed by atoms with Crippen LogP contribution in [0.1, 0.15) is 20.8 Å². The van der Waals surface area contributed by atoms with Crippen LogP contribution in [0.4, 0.5) is 0 Å². The van der Waals surface area contributed by atoms with Crippen molar-refractivity contribution in [3.63, 3.8) is 0 Å². The van der Waals surface area contributed by atoms with Gasteiger partial charge in [0.25, 0.3) is 10.1 Å². The van der Waals surface area contributed by atoms with Gasteiger partial charge in [-0.15, -0.1) is 0 Å². The summed E-state index contributed by atoms with van der Waals surface area (Å²) in [5, 5.41) is -2.30. The van der Waals surface area contributed by atoms with Crippen LogP contribution >= 0.6 is 11.8 Å². The molecule has 0 bridgehead atoms. The first-order chi connectivity index (χ1) is 7.61. The fourth-order valence-electron chi connectivity index (χ4n) is 1.34. The van der Waals surface area contributed by atoms with Crippen molar-refractivity contribution >= 4 is 33.0 Å². The zero-order valence-corrected chi connectivity index (χ0v) is 11.7. The van der Waals surface area contributed by atoms with Crippen molar-refractivity contribution in [2.24, 2.45) is 5.92 Å². The molecule has 0 rings (SSSR count). The summed E-state index contributed by atoms with van der Waals surface area (Å²) in [5.41, 5.74) is 0. The maximum atomic E-state index is 11.3. The Morgan fingerprint density at radius 1 is 1.29 bits per heavy atom. The van der Waals surface area contributed by atoms with Gasteiger partial charge in [0.15, 0.2) is 10.4 Å². The minimum absolute atomic E-state index is 0.191. The topological polar surface area (TPSA) is 97.7 Å². The summed E-state index contributed by atoms with van der Waals surface area (Å²) in [6, 6.07) is 0. The van der Waals surface area contributed by atoms with Crippen molar-refractivity contribution in [1.29, 1.82) is 0 Å². The first-order valence-electron chi connectivity index (χ1n) is 4.82. The number of hydrogen-bond acceptors (Lipinski definition) is 6. The van der Waals surface area contributed by atoms with E-state index < -0.39 is 32.5 Å². The second-order valence-corrected chi connectivity index (χ2v) is 6.72. The number of rotatable bonds is 5. The number of hydrogen-bond donors (Lipinski definition) is 1. The molecule has 0 amide bonds. The summed E-state index contributed by atoms with van der Waals surface area (Å²) >= 11 is 0.913. The van der Waals surface area contributed by atoms with Crippen molar-refractivity contribution in [2.75, 3.05) is 7.11 Å². The number of ether oxygens (including phenoxy) is 1. The van der Waals surface area contributed by atoms with E-state index in [9.17, 15) is 18.0 Å². The normalized spacial score (nSPS) is 17.0. The van der Waals surface area contributed by atoms with Gasteiger partial charge in [-0.3, -0.25) is 14.1 Å². The second kappa shape index (κ2) is 6.36. The lowest BCUT2D eigenvalue weighted by Gasteiger charge is -2.23. The van der Waals surface area contributed by atoms with Gasteiger partial charge in [-0.2, -0.15) is 8.42 Å². The highest BCUT2D eigenvalue weighted by molar-refractivity contribution is 8.14. The predicted molar refractivity (Wildman–Crippen MR) is 64.3 cm³/mol. The average Bonchev–Trinajstić information content (AvgIpc) is 2.14. The molecule has 0 radical (unpaired) electrons. The first-order valence-corrected chi connectivity index (χ1v) is 7.20. The van der Waals surface area contributed by atoms with Gasteiger partial charge in [-0.05, 0) is 5.92 Å². The van der Waals surface area contributed by atoms with Crippen LogP contribution in [0.2, 0.25) is 0 Å². The first kappa shape index (κ1) is 16.4. The molecule has 0 aromatic rings. The molecule has 1 N–H and O–H groups in total. The van der Waals surface area contributed by atoms with E-state index in [1.54, 1.807) is 6.92 Å². The summed E-state index contributed by atoms with van der Waals surface area (Å²) in [4.78, 5) is 22.2. The number of thioether (sulfide) groups is 1. The molecule has 6 nitrogen and oxygen atoms in total. The van der Waals surface area contributed by atoms with Gasteiger partial charge >= 0.3 is 5.97 Å². The monoisotopic (exact) mass is 284 g/mol. The van der Waals surface area contributed by atoms with E-state index >= 15 is 0 Å². The van der Waals surface area contributed by atoms with Crippen molar-refractivity contribution in [3.8, 4) is 0 Å². The van der Waals surface area contributed by atoms with E-state index in [-0.39, 0.29) is 5.12 Å². The quantitative estimate of drug-likeness (QED) is 0.586. The van der Waals surface area contributed by atoms with Gasteiger partial charge < -0.3 is 4.74 Å². The Morgan fingerprint density at radius 2 is 1.76 bits per heavy atom. The van der Waals surface area contributed by atoms with Crippen LogP contribution in [0.15, 0.2) is 0 Å². The summed E-state index contributed by atoms with van der Waals surface area (Å²) in [6.07, 6.45) is 0. The van der Waals surface area contributed by atoms with Gasteiger partial charge in [-0.1, -0.05) is 25.6 Å². The van der Waals surface area contributed by atoms with Crippen molar-refractivity contribution in [1.82, 2.24) is 0 Å². The number of methoxy groups -OCH3 is 1. The predicted octanol–water partition coefficient (Wildman–Crippen LogP) is 0.720. The lowest BCUT2D eigenvalue weighted by atomic mass is 10.0. The van der Waals surface area contributed by atoms with Gasteiger partial charge in [0.05, 0.1) is 7.11 Å². The number of carbonyl (C=O) groups is 2. The highest BCUT2D eigenvalue weighted by atomic mass is 32.2. The molecule has 0 spiro atoms. The lowest BCUT2D eigenvalue weighted by molar-refractivity contribution is -0.141. The zero-order valence-electron chi connectivity index (χ0n) is 10.0. The molecule has 0 heterocycles. The van der Waals surface area contributed by atoms with Gasteiger partial charge in [-0.25, -0.2) is 0 Å². The largest absolute Gasteiger partial charge is 0.468 e. The molecule has 17 heavy (non-hydrogen) atoms. The third kappa shape index (κ3) is 5.05. The maximum Gasteiger partial charge on any atom is 0.326 e. The Bertz CT molecular complexity index is 388. The van der Waals surface area contributed by atoms with Crippen LogP contribution in [0.25, 0.3) is 0 Å². The molecular formula is C9H16O6S2. The SMILES string of the molecule is COC(=O)C(C(C)C(C)SC(C)=O)S(=O)(=O)O. The van der Waals surface area contributed by atoms with Crippen molar-refractivity contribution < 1.29 is 27.3 Å². The smallest absolute Gasteiger partial charge is 0.326 e. The maximum absolute atomic E-state index is 11.3. The van der Waals surface area contributed by atoms with Crippen molar-refractivity contribution in [3.05, 3.63) is 0 Å². The number of carbonyl (C=O) groups excluding carboxylic acids is 2. The lowest BCUT2D eigenvalue weighted by Crippen LogP contribution is -2.40. The Labute approximate surface area is 105 Å². The fraction of sp³-hybridized carbons (Fsp3) is 0.778. The van der Waals surface area contributed by atoms with Gasteiger partial charge in [0.1, 0.15) is 0 Å². The van der Waals surface area contributed by atoms with E-state index in [1.807, 2.05) is 0 Å². The molecule has 100 valence electrons. The molecular weight excluding hydrogens is 268 g/mol. The van der Waals surface area contributed by atoms with E-state index in [1.165, 1.54) is 13.8 Å². The Hall–Kier alpha value is -0.600. The summed E-state index contributed by atoms with van der Waals surface area (Å²) in [5.74, 6) is -1.78. The summed E-state index contributed by atoms with van der Waals surface area (Å²) in [6.45, 7) is 4.42. The van der Waals surface area contributed by atoms with E-state index in [4.69, 9.17) is 4.55 Å². The molecule has 0 fully saturated rings. The molecule has 0 saturated heterocycles. The highest BCUT2D eigenvalue weighted by Crippen LogP contribution is 2.26. The van der Waals surface area contributed by atoms with Crippen LogP contribution in [0.3, 0.4) is 0 Å². The van der Waals surface area contributed by atoms with E-state index in [2.05, 4.69) is 4.74 Å². The van der Waals surface area contributed by atoms with Gasteiger partial charge in [0.2, 0.25) is 0 Å². The Morgan fingerprint density at radius 3 is 2.06 bits per heavy atom. The minimum Gasteiger partial charge on any atom is -0.468 e.